The highest BCUT2D eigenvalue weighted by molar-refractivity contribution is 5.85. The van der Waals surface area contributed by atoms with Gasteiger partial charge in [0.1, 0.15) is 5.82 Å². The van der Waals surface area contributed by atoms with Crippen LogP contribution in [0.1, 0.15) is 24.3 Å². The number of hydrogen-bond donors (Lipinski definition) is 2. The zero-order valence-electron chi connectivity index (χ0n) is 8.48. The molecule has 0 bridgehead atoms. The normalized spacial score (nSPS) is 10.5. The Kier molecular flexibility index (Phi) is 2.90. The SMILES string of the molecule is C#CC(C)(C)Nc1ccc(C(=O)O)nn1. The molecule has 0 aliphatic carbocycles. The van der Waals surface area contributed by atoms with Gasteiger partial charge in [0, 0.05) is 0 Å². The van der Waals surface area contributed by atoms with Crippen molar-refractivity contribution in [3.05, 3.63) is 17.8 Å². The van der Waals surface area contributed by atoms with Gasteiger partial charge >= 0.3 is 5.97 Å². The molecule has 0 amide bonds. The highest BCUT2D eigenvalue weighted by Crippen LogP contribution is 2.10. The van der Waals surface area contributed by atoms with Crippen molar-refractivity contribution in [1.29, 1.82) is 0 Å². The van der Waals surface area contributed by atoms with Crippen molar-refractivity contribution >= 4 is 11.8 Å². The lowest BCUT2D eigenvalue weighted by molar-refractivity contribution is 0.0689. The van der Waals surface area contributed by atoms with Gasteiger partial charge in [-0.25, -0.2) is 4.79 Å². The topological polar surface area (TPSA) is 75.1 Å². The molecule has 0 spiro atoms. The maximum Gasteiger partial charge on any atom is 0.356 e. The van der Waals surface area contributed by atoms with Gasteiger partial charge in [-0.1, -0.05) is 5.92 Å². The number of aromatic carboxylic acids is 1. The minimum Gasteiger partial charge on any atom is -0.476 e. The average molecular weight is 205 g/mol. The summed E-state index contributed by atoms with van der Waals surface area (Å²) in [6.45, 7) is 3.61. The van der Waals surface area contributed by atoms with E-state index in [0.29, 0.717) is 5.82 Å². The van der Waals surface area contributed by atoms with E-state index >= 15 is 0 Å². The third kappa shape index (κ3) is 2.95. The Morgan fingerprint density at radius 1 is 1.53 bits per heavy atom. The number of nitrogens with zero attached hydrogens (tertiary/aromatic N) is 2. The van der Waals surface area contributed by atoms with Crippen molar-refractivity contribution in [2.24, 2.45) is 0 Å². The molecule has 0 saturated heterocycles. The molecule has 1 aromatic rings. The number of carbonyl (C=O) groups is 1. The molecule has 0 aromatic carbocycles. The fourth-order valence-electron chi connectivity index (χ4n) is 0.869. The Morgan fingerprint density at radius 2 is 2.20 bits per heavy atom. The van der Waals surface area contributed by atoms with E-state index in [1.54, 1.807) is 13.8 Å². The standard InChI is InChI=1S/C10H11N3O2/c1-4-10(2,3)11-8-6-5-7(9(14)15)12-13-8/h1,5-6H,2-3H3,(H,11,13)(H,14,15). The molecule has 2 N–H and O–H groups in total. The van der Waals surface area contributed by atoms with Gasteiger partial charge in [-0.2, -0.15) is 0 Å². The van der Waals surface area contributed by atoms with Crippen molar-refractivity contribution < 1.29 is 9.90 Å². The number of hydrogen-bond acceptors (Lipinski definition) is 4. The van der Waals surface area contributed by atoms with Crippen molar-refractivity contribution in [2.75, 3.05) is 5.32 Å². The van der Waals surface area contributed by atoms with Gasteiger partial charge in [0.15, 0.2) is 5.69 Å². The molecule has 0 saturated carbocycles. The first-order valence-electron chi connectivity index (χ1n) is 4.27. The summed E-state index contributed by atoms with van der Waals surface area (Å²) in [5.74, 6) is 1.87. The molecule has 0 atom stereocenters. The van der Waals surface area contributed by atoms with Crippen LogP contribution in [0.3, 0.4) is 0 Å². The fourth-order valence-corrected chi connectivity index (χ4v) is 0.869. The van der Waals surface area contributed by atoms with E-state index in [2.05, 4.69) is 21.4 Å². The summed E-state index contributed by atoms with van der Waals surface area (Å²) in [6.07, 6.45) is 5.28. The molecule has 5 nitrogen and oxygen atoms in total. The summed E-state index contributed by atoms with van der Waals surface area (Å²) in [5.41, 5.74) is -0.640. The van der Waals surface area contributed by atoms with Gasteiger partial charge in [-0.15, -0.1) is 16.6 Å². The van der Waals surface area contributed by atoms with Crippen molar-refractivity contribution in [3.63, 3.8) is 0 Å². The van der Waals surface area contributed by atoms with E-state index in [-0.39, 0.29) is 5.69 Å². The van der Waals surface area contributed by atoms with E-state index in [4.69, 9.17) is 11.5 Å². The summed E-state index contributed by atoms with van der Waals surface area (Å²) >= 11 is 0. The van der Waals surface area contributed by atoms with Gasteiger partial charge in [0.05, 0.1) is 5.54 Å². The van der Waals surface area contributed by atoms with Crippen LogP contribution in [0.25, 0.3) is 0 Å². The first-order chi connectivity index (χ1) is 6.94. The lowest BCUT2D eigenvalue weighted by Crippen LogP contribution is -2.29. The van der Waals surface area contributed by atoms with Gasteiger partial charge in [0.25, 0.3) is 0 Å². The second-order valence-corrected chi connectivity index (χ2v) is 3.50. The predicted molar refractivity (Wildman–Crippen MR) is 55.5 cm³/mol. The molecular weight excluding hydrogens is 194 g/mol. The monoisotopic (exact) mass is 205 g/mol. The first kappa shape index (κ1) is 11.0. The number of nitrogens with one attached hydrogen (secondary N) is 1. The third-order valence-electron chi connectivity index (χ3n) is 1.69. The molecule has 0 aliphatic heterocycles. The van der Waals surface area contributed by atoms with Gasteiger partial charge in [-0.05, 0) is 26.0 Å². The molecule has 0 fully saturated rings. The van der Waals surface area contributed by atoms with E-state index in [1.807, 2.05) is 0 Å². The summed E-state index contributed by atoms with van der Waals surface area (Å²) in [5, 5.41) is 18.7. The largest absolute Gasteiger partial charge is 0.476 e. The Balaban J connectivity index is 2.83. The summed E-state index contributed by atoms with van der Waals surface area (Å²) in [4.78, 5) is 10.5. The van der Waals surface area contributed by atoms with Crippen LogP contribution in [-0.2, 0) is 0 Å². The molecule has 1 heterocycles. The molecule has 15 heavy (non-hydrogen) atoms. The van der Waals surface area contributed by atoms with E-state index < -0.39 is 11.5 Å². The highest BCUT2D eigenvalue weighted by atomic mass is 16.4. The van der Waals surface area contributed by atoms with Crippen molar-refractivity contribution in [3.8, 4) is 12.3 Å². The number of aromatic nitrogens is 2. The molecule has 0 aliphatic rings. The summed E-state index contributed by atoms with van der Waals surface area (Å²) < 4.78 is 0. The minimum absolute atomic E-state index is 0.0981. The lowest BCUT2D eigenvalue weighted by atomic mass is 10.1. The number of carboxylic acids is 1. The number of carboxylic acid groups (broad SMARTS) is 1. The molecule has 1 aromatic heterocycles. The lowest BCUT2D eigenvalue weighted by Gasteiger charge is -2.19. The van der Waals surface area contributed by atoms with Crippen molar-refractivity contribution in [2.45, 2.75) is 19.4 Å². The Hall–Kier alpha value is -2.09. The average Bonchev–Trinajstić information content (AvgIpc) is 2.18. The van der Waals surface area contributed by atoms with Crippen LogP contribution in [0.15, 0.2) is 12.1 Å². The molecule has 1 rings (SSSR count). The quantitative estimate of drug-likeness (QED) is 0.720. The highest BCUT2D eigenvalue weighted by Gasteiger charge is 2.14. The van der Waals surface area contributed by atoms with Crippen LogP contribution in [0.4, 0.5) is 5.82 Å². The number of rotatable bonds is 3. The van der Waals surface area contributed by atoms with Gasteiger partial charge in [0.2, 0.25) is 0 Å². The molecule has 78 valence electrons. The van der Waals surface area contributed by atoms with Crippen LogP contribution in [0.2, 0.25) is 0 Å². The Morgan fingerprint density at radius 3 is 2.60 bits per heavy atom. The molecular formula is C10H11N3O2. The molecule has 0 radical (unpaired) electrons. The van der Waals surface area contributed by atoms with E-state index in [0.717, 1.165) is 0 Å². The van der Waals surface area contributed by atoms with Crippen LogP contribution in [0, 0.1) is 12.3 Å². The van der Waals surface area contributed by atoms with Crippen molar-refractivity contribution in [1.82, 2.24) is 10.2 Å². The van der Waals surface area contributed by atoms with Crippen LogP contribution < -0.4 is 5.32 Å². The van der Waals surface area contributed by atoms with Crippen LogP contribution >= 0.6 is 0 Å². The first-order valence-corrected chi connectivity index (χ1v) is 4.27. The summed E-state index contributed by atoms with van der Waals surface area (Å²) in [6, 6.07) is 2.89. The molecule has 0 unspecified atom stereocenters. The zero-order chi connectivity index (χ0) is 11.5. The second kappa shape index (κ2) is 3.96. The maximum atomic E-state index is 10.5. The van der Waals surface area contributed by atoms with E-state index in [9.17, 15) is 4.79 Å². The third-order valence-corrected chi connectivity index (χ3v) is 1.69. The van der Waals surface area contributed by atoms with E-state index in [1.165, 1.54) is 12.1 Å². The maximum absolute atomic E-state index is 10.5. The van der Waals surface area contributed by atoms with Gasteiger partial charge < -0.3 is 10.4 Å². The van der Waals surface area contributed by atoms with Crippen LogP contribution in [0.5, 0.6) is 0 Å². The number of anilines is 1. The zero-order valence-corrected chi connectivity index (χ0v) is 8.48. The Labute approximate surface area is 87.5 Å². The predicted octanol–water partition coefficient (Wildman–Crippen LogP) is 0.998. The fraction of sp³-hybridized carbons (Fsp3) is 0.300. The smallest absolute Gasteiger partial charge is 0.356 e. The van der Waals surface area contributed by atoms with Crippen LogP contribution in [-0.4, -0.2) is 26.8 Å². The Bertz CT molecular complexity index is 404. The van der Waals surface area contributed by atoms with Gasteiger partial charge in [-0.3, -0.25) is 0 Å². The number of terminal acetylenes is 1. The summed E-state index contributed by atoms with van der Waals surface area (Å²) in [7, 11) is 0. The molecule has 5 heteroatoms. The minimum atomic E-state index is -1.11. The second-order valence-electron chi connectivity index (χ2n) is 3.50.